The number of benzene rings is 2. The van der Waals surface area contributed by atoms with E-state index in [1.807, 2.05) is 56.3 Å². The molecule has 0 unspecified atom stereocenters. The standard InChI is InChI=1S/C19H22O4/c1-3-14(11-18(20)21)12-19(22)23-13(2)16-10-6-8-15-7-4-5-9-17(15)16/h4-10,13-14H,3,11-12H2,1-2H3,(H,20,21)/t13-,14-/m0/s1. The Morgan fingerprint density at radius 1 is 1.09 bits per heavy atom. The van der Waals surface area contributed by atoms with Gasteiger partial charge in [-0.15, -0.1) is 0 Å². The van der Waals surface area contributed by atoms with Crippen molar-refractivity contribution < 1.29 is 19.4 Å². The van der Waals surface area contributed by atoms with E-state index in [2.05, 4.69) is 0 Å². The fourth-order valence-corrected chi connectivity index (χ4v) is 2.76. The Kier molecular flexibility index (Phi) is 5.74. The van der Waals surface area contributed by atoms with E-state index in [9.17, 15) is 9.59 Å². The van der Waals surface area contributed by atoms with Crippen molar-refractivity contribution in [2.75, 3.05) is 0 Å². The molecule has 122 valence electrons. The van der Waals surface area contributed by atoms with Gasteiger partial charge in [0, 0.05) is 12.8 Å². The van der Waals surface area contributed by atoms with Gasteiger partial charge in [-0.1, -0.05) is 55.8 Å². The normalized spacial score (nSPS) is 13.5. The van der Waals surface area contributed by atoms with Crippen LogP contribution in [0.2, 0.25) is 0 Å². The third-order valence-electron chi connectivity index (χ3n) is 4.07. The monoisotopic (exact) mass is 314 g/mol. The van der Waals surface area contributed by atoms with Crippen LogP contribution in [0.1, 0.15) is 44.8 Å². The quantitative estimate of drug-likeness (QED) is 0.772. The molecule has 2 aromatic carbocycles. The van der Waals surface area contributed by atoms with Crippen LogP contribution in [0.15, 0.2) is 42.5 Å². The van der Waals surface area contributed by atoms with Crippen molar-refractivity contribution in [1.29, 1.82) is 0 Å². The Labute approximate surface area is 136 Å². The number of hydrogen-bond acceptors (Lipinski definition) is 3. The lowest BCUT2D eigenvalue weighted by Gasteiger charge is -2.18. The smallest absolute Gasteiger partial charge is 0.306 e. The molecule has 4 nitrogen and oxygen atoms in total. The first-order valence-electron chi connectivity index (χ1n) is 7.90. The zero-order valence-corrected chi connectivity index (χ0v) is 13.5. The summed E-state index contributed by atoms with van der Waals surface area (Å²) in [5.74, 6) is -1.41. The van der Waals surface area contributed by atoms with Crippen LogP contribution in [-0.2, 0) is 14.3 Å². The molecule has 0 spiro atoms. The molecule has 1 N–H and O–H groups in total. The maximum absolute atomic E-state index is 12.1. The van der Waals surface area contributed by atoms with E-state index >= 15 is 0 Å². The van der Waals surface area contributed by atoms with Crippen LogP contribution < -0.4 is 0 Å². The average molecular weight is 314 g/mol. The highest BCUT2D eigenvalue weighted by atomic mass is 16.5. The minimum atomic E-state index is -0.883. The van der Waals surface area contributed by atoms with Gasteiger partial charge in [0.15, 0.2) is 0 Å². The van der Waals surface area contributed by atoms with Crippen LogP contribution in [0, 0.1) is 5.92 Å². The zero-order chi connectivity index (χ0) is 16.8. The molecule has 0 saturated heterocycles. The van der Waals surface area contributed by atoms with Crippen molar-refractivity contribution in [3.05, 3.63) is 48.0 Å². The number of carboxylic acid groups (broad SMARTS) is 1. The highest BCUT2D eigenvalue weighted by Gasteiger charge is 2.19. The van der Waals surface area contributed by atoms with Crippen LogP contribution in [0.5, 0.6) is 0 Å². The van der Waals surface area contributed by atoms with Gasteiger partial charge in [-0.05, 0) is 29.2 Å². The Hall–Kier alpha value is -2.36. The minimum Gasteiger partial charge on any atom is -0.481 e. The van der Waals surface area contributed by atoms with E-state index in [1.54, 1.807) is 0 Å². The first-order valence-corrected chi connectivity index (χ1v) is 7.90. The van der Waals surface area contributed by atoms with Gasteiger partial charge in [0.25, 0.3) is 0 Å². The molecule has 2 aromatic rings. The van der Waals surface area contributed by atoms with Crippen LogP contribution in [0.25, 0.3) is 10.8 Å². The van der Waals surface area contributed by atoms with Gasteiger partial charge < -0.3 is 9.84 Å². The Bertz CT molecular complexity index is 687. The van der Waals surface area contributed by atoms with Gasteiger partial charge in [-0.2, -0.15) is 0 Å². The summed E-state index contributed by atoms with van der Waals surface area (Å²) in [5, 5.41) is 11.0. The van der Waals surface area contributed by atoms with Gasteiger partial charge in [0.1, 0.15) is 6.10 Å². The number of hydrogen-bond donors (Lipinski definition) is 1. The van der Waals surface area contributed by atoms with Gasteiger partial charge >= 0.3 is 11.9 Å². The number of rotatable bonds is 7. The van der Waals surface area contributed by atoms with Gasteiger partial charge in [0.05, 0.1) is 0 Å². The number of esters is 1. The fraction of sp³-hybridized carbons (Fsp3) is 0.368. The number of carboxylic acids is 1. The largest absolute Gasteiger partial charge is 0.481 e. The van der Waals surface area contributed by atoms with Crippen LogP contribution >= 0.6 is 0 Å². The highest BCUT2D eigenvalue weighted by molar-refractivity contribution is 5.86. The third-order valence-corrected chi connectivity index (χ3v) is 4.07. The summed E-state index contributed by atoms with van der Waals surface area (Å²) in [6.07, 6.45) is 0.409. The summed E-state index contributed by atoms with van der Waals surface area (Å²) in [5.41, 5.74) is 0.961. The molecule has 0 heterocycles. The Morgan fingerprint density at radius 3 is 2.48 bits per heavy atom. The number of carbonyl (C=O) groups excluding carboxylic acids is 1. The second-order valence-corrected chi connectivity index (χ2v) is 5.78. The van der Waals surface area contributed by atoms with Gasteiger partial charge in [-0.25, -0.2) is 0 Å². The number of aliphatic carboxylic acids is 1. The predicted octanol–water partition coefficient (Wildman–Crippen LogP) is 4.34. The number of fused-ring (bicyclic) bond motifs is 1. The summed E-state index contributed by atoms with van der Waals surface area (Å²) in [6.45, 7) is 3.73. The molecule has 2 rings (SSSR count). The average Bonchev–Trinajstić information content (AvgIpc) is 2.53. The summed E-state index contributed by atoms with van der Waals surface area (Å²) in [6, 6.07) is 13.9. The molecule has 0 saturated carbocycles. The van der Waals surface area contributed by atoms with Gasteiger partial charge in [-0.3, -0.25) is 9.59 Å². The van der Waals surface area contributed by atoms with Crippen LogP contribution in [-0.4, -0.2) is 17.0 Å². The second kappa shape index (κ2) is 7.77. The van der Waals surface area contributed by atoms with Crippen molar-refractivity contribution >= 4 is 22.7 Å². The summed E-state index contributed by atoms with van der Waals surface area (Å²) >= 11 is 0. The molecule has 0 bridgehead atoms. The molecule has 0 amide bonds. The summed E-state index contributed by atoms with van der Waals surface area (Å²) in [4.78, 5) is 22.9. The van der Waals surface area contributed by atoms with Crippen LogP contribution in [0.3, 0.4) is 0 Å². The third kappa shape index (κ3) is 4.55. The first-order chi connectivity index (χ1) is 11.0. The van der Waals surface area contributed by atoms with E-state index in [4.69, 9.17) is 9.84 Å². The Balaban J connectivity index is 2.07. The minimum absolute atomic E-state index is 0.00571. The fourth-order valence-electron chi connectivity index (χ4n) is 2.76. The van der Waals surface area contributed by atoms with Crippen molar-refractivity contribution in [2.24, 2.45) is 5.92 Å². The first kappa shape index (κ1) is 17.0. The molecule has 0 aromatic heterocycles. The maximum atomic E-state index is 12.1. The highest BCUT2D eigenvalue weighted by Crippen LogP contribution is 2.27. The van der Waals surface area contributed by atoms with Crippen molar-refractivity contribution in [2.45, 2.75) is 39.2 Å². The zero-order valence-electron chi connectivity index (χ0n) is 13.5. The van der Waals surface area contributed by atoms with Crippen molar-refractivity contribution in [3.63, 3.8) is 0 Å². The van der Waals surface area contributed by atoms with Crippen molar-refractivity contribution in [3.8, 4) is 0 Å². The lowest BCUT2D eigenvalue weighted by Crippen LogP contribution is -2.16. The lowest BCUT2D eigenvalue weighted by molar-refractivity contribution is -0.150. The Morgan fingerprint density at radius 2 is 1.78 bits per heavy atom. The molecule has 2 atom stereocenters. The van der Waals surface area contributed by atoms with E-state index in [-0.39, 0.29) is 30.8 Å². The molecule has 4 heteroatoms. The summed E-state index contributed by atoms with van der Waals surface area (Å²) < 4.78 is 5.53. The summed E-state index contributed by atoms with van der Waals surface area (Å²) in [7, 11) is 0. The second-order valence-electron chi connectivity index (χ2n) is 5.78. The van der Waals surface area contributed by atoms with E-state index in [0.717, 1.165) is 16.3 Å². The topological polar surface area (TPSA) is 63.6 Å². The van der Waals surface area contributed by atoms with E-state index < -0.39 is 5.97 Å². The number of ether oxygens (including phenoxy) is 1. The van der Waals surface area contributed by atoms with E-state index in [0.29, 0.717) is 6.42 Å². The molecule has 0 aliphatic heterocycles. The molecule has 0 fully saturated rings. The number of carbonyl (C=O) groups is 2. The molecule has 0 aliphatic rings. The molecule has 0 radical (unpaired) electrons. The van der Waals surface area contributed by atoms with E-state index in [1.165, 1.54) is 0 Å². The SMILES string of the molecule is CC[C@@H](CC(=O)O)CC(=O)O[C@@H](C)c1cccc2ccccc12. The lowest BCUT2D eigenvalue weighted by atomic mass is 9.98. The molecule has 0 aliphatic carbocycles. The molecular formula is C19H22O4. The van der Waals surface area contributed by atoms with Crippen molar-refractivity contribution in [1.82, 2.24) is 0 Å². The van der Waals surface area contributed by atoms with Gasteiger partial charge in [0.2, 0.25) is 0 Å². The molecular weight excluding hydrogens is 292 g/mol. The van der Waals surface area contributed by atoms with Crippen LogP contribution in [0.4, 0.5) is 0 Å². The maximum Gasteiger partial charge on any atom is 0.306 e. The molecule has 23 heavy (non-hydrogen) atoms. The predicted molar refractivity (Wildman–Crippen MR) is 89.1 cm³/mol.